The number of fused-ring (bicyclic) bond motifs is 1. The number of amides is 2. The monoisotopic (exact) mass is 290 g/mol. The van der Waals surface area contributed by atoms with Crippen molar-refractivity contribution in [3.63, 3.8) is 0 Å². The van der Waals surface area contributed by atoms with Gasteiger partial charge in [-0.25, -0.2) is 4.79 Å². The first-order valence-electron chi connectivity index (χ1n) is 4.97. The molecule has 0 unspecified atom stereocenters. The molecule has 0 atom stereocenters. The Morgan fingerprint density at radius 2 is 1.74 bits per heavy atom. The van der Waals surface area contributed by atoms with E-state index < -0.39 is 16.1 Å². The first kappa shape index (κ1) is 15.9. The molecule has 6 nitrogen and oxygen atoms in total. The van der Waals surface area contributed by atoms with Crippen LogP contribution in [-0.4, -0.2) is 44.0 Å². The molecule has 0 saturated carbocycles. The second kappa shape index (κ2) is 6.36. The van der Waals surface area contributed by atoms with Crippen molar-refractivity contribution in [2.45, 2.75) is 4.90 Å². The van der Waals surface area contributed by atoms with Crippen molar-refractivity contribution < 1.29 is 17.5 Å². The van der Waals surface area contributed by atoms with Gasteiger partial charge in [-0.2, -0.15) is 13.9 Å². The van der Waals surface area contributed by atoms with Crippen molar-refractivity contribution in [3.8, 4) is 0 Å². The van der Waals surface area contributed by atoms with E-state index in [-0.39, 0.29) is 34.5 Å². The van der Waals surface area contributed by atoms with Gasteiger partial charge in [-0.15, -0.1) is 4.28 Å². The minimum atomic E-state index is -4.09. The fraction of sp³-hybridized carbons (Fsp3) is 0. The van der Waals surface area contributed by atoms with Crippen LogP contribution < -0.4 is 11.2 Å². The van der Waals surface area contributed by atoms with E-state index in [4.69, 9.17) is 5.73 Å². The summed E-state index contributed by atoms with van der Waals surface area (Å²) in [5.41, 5.74) is 6.35. The number of primary amides is 1. The van der Waals surface area contributed by atoms with E-state index >= 15 is 0 Å². The molecule has 0 aliphatic heterocycles. The van der Waals surface area contributed by atoms with E-state index in [9.17, 15) is 13.2 Å². The quantitative estimate of drug-likeness (QED) is 0.634. The standard InChI is InChI=1S/C11H10N2O4S.Na.H/c12-11(14)13-17-18(15,16)10-7-3-5-8-4-1-2-6-9(8)10;;/h1-7H,(H3,12,13,14);;. The molecule has 0 heterocycles. The van der Waals surface area contributed by atoms with Crippen LogP contribution in [0.25, 0.3) is 10.8 Å². The van der Waals surface area contributed by atoms with Gasteiger partial charge in [0.15, 0.2) is 0 Å². The van der Waals surface area contributed by atoms with Crippen molar-refractivity contribution in [3.05, 3.63) is 42.5 Å². The van der Waals surface area contributed by atoms with E-state index in [0.29, 0.717) is 5.39 Å². The number of rotatable bonds is 3. The van der Waals surface area contributed by atoms with Gasteiger partial charge in [0.05, 0.1) is 0 Å². The van der Waals surface area contributed by atoms with Gasteiger partial charge in [0.25, 0.3) is 0 Å². The summed E-state index contributed by atoms with van der Waals surface area (Å²) < 4.78 is 28.0. The predicted octanol–water partition coefficient (Wildman–Crippen LogP) is 0.480. The molecular weight excluding hydrogens is 279 g/mol. The number of benzene rings is 2. The first-order chi connectivity index (χ1) is 8.50. The molecular formula is C11H11N2NaO4S. The molecule has 2 amide bonds. The number of hydroxylamine groups is 1. The molecule has 0 aliphatic carbocycles. The van der Waals surface area contributed by atoms with Crippen LogP contribution in [0.2, 0.25) is 0 Å². The van der Waals surface area contributed by atoms with Crippen LogP contribution in [0, 0.1) is 0 Å². The Labute approximate surface area is 132 Å². The van der Waals surface area contributed by atoms with Crippen LogP contribution in [0.3, 0.4) is 0 Å². The summed E-state index contributed by atoms with van der Waals surface area (Å²) >= 11 is 0. The number of carbonyl (C=O) groups is 1. The molecule has 0 bridgehead atoms. The van der Waals surface area contributed by atoms with E-state index in [1.165, 1.54) is 6.07 Å². The van der Waals surface area contributed by atoms with E-state index in [2.05, 4.69) is 4.28 Å². The SMILES string of the molecule is NC(=O)NOS(=O)(=O)c1cccc2ccccc12.[NaH]. The van der Waals surface area contributed by atoms with Gasteiger partial charge in [0.2, 0.25) is 0 Å². The predicted molar refractivity (Wildman–Crippen MR) is 72.1 cm³/mol. The van der Waals surface area contributed by atoms with Gasteiger partial charge in [0, 0.05) is 5.39 Å². The van der Waals surface area contributed by atoms with Gasteiger partial charge >= 0.3 is 45.7 Å². The molecule has 0 aliphatic rings. The van der Waals surface area contributed by atoms with Gasteiger partial charge in [-0.05, 0) is 11.5 Å². The molecule has 8 heteroatoms. The topological polar surface area (TPSA) is 98.5 Å². The van der Waals surface area contributed by atoms with Gasteiger partial charge in [-0.1, -0.05) is 36.4 Å². The Balaban J connectivity index is 0.00000180. The summed E-state index contributed by atoms with van der Waals surface area (Å²) in [6.07, 6.45) is 0. The maximum atomic E-state index is 11.9. The fourth-order valence-electron chi connectivity index (χ4n) is 1.55. The third kappa shape index (κ3) is 3.68. The molecule has 0 radical (unpaired) electrons. The van der Waals surface area contributed by atoms with E-state index in [0.717, 1.165) is 5.39 Å². The minimum absolute atomic E-state index is 0. The summed E-state index contributed by atoms with van der Waals surface area (Å²) in [5.74, 6) is 0. The molecule has 3 N–H and O–H groups in total. The Kier molecular flexibility index (Phi) is 5.33. The van der Waals surface area contributed by atoms with Gasteiger partial charge in [0.1, 0.15) is 4.90 Å². The van der Waals surface area contributed by atoms with Crippen molar-refractivity contribution in [2.24, 2.45) is 5.73 Å². The number of hydrogen-bond donors (Lipinski definition) is 2. The summed E-state index contributed by atoms with van der Waals surface area (Å²) in [7, 11) is -4.09. The molecule has 0 saturated heterocycles. The zero-order valence-corrected chi connectivity index (χ0v) is 9.98. The average molecular weight is 290 g/mol. The molecule has 96 valence electrons. The Morgan fingerprint density at radius 1 is 1.11 bits per heavy atom. The molecule has 2 rings (SSSR count). The first-order valence-corrected chi connectivity index (χ1v) is 6.38. The summed E-state index contributed by atoms with van der Waals surface area (Å²) in [4.78, 5) is 10.4. The Morgan fingerprint density at radius 3 is 2.42 bits per heavy atom. The number of nitrogens with two attached hydrogens (primary N) is 1. The average Bonchev–Trinajstić information content (AvgIpc) is 2.36. The second-order valence-electron chi connectivity index (χ2n) is 3.48. The van der Waals surface area contributed by atoms with Crippen LogP contribution in [-0.2, 0) is 14.4 Å². The summed E-state index contributed by atoms with van der Waals surface area (Å²) in [6.45, 7) is 0. The Bertz CT molecular complexity index is 697. The number of hydrogen-bond acceptors (Lipinski definition) is 4. The zero-order chi connectivity index (χ0) is 13.2. The molecule has 19 heavy (non-hydrogen) atoms. The van der Waals surface area contributed by atoms with Crippen molar-refractivity contribution in [1.29, 1.82) is 0 Å². The normalized spacial score (nSPS) is 10.7. The van der Waals surface area contributed by atoms with Gasteiger partial charge < -0.3 is 5.73 Å². The summed E-state index contributed by atoms with van der Waals surface area (Å²) in [5, 5.41) is 1.26. The van der Waals surface area contributed by atoms with Crippen molar-refractivity contribution in [2.75, 3.05) is 0 Å². The van der Waals surface area contributed by atoms with E-state index in [1.54, 1.807) is 41.9 Å². The maximum absolute atomic E-state index is 11.9. The molecule has 0 aromatic heterocycles. The number of nitrogens with one attached hydrogen (secondary N) is 1. The van der Waals surface area contributed by atoms with Crippen LogP contribution in [0.4, 0.5) is 4.79 Å². The van der Waals surface area contributed by atoms with Crippen LogP contribution in [0.1, 0.15) is 0 Å². The third-order valence-corrected chi connectivity index (χ3v) is 3.47. The molecule has 0 fully saturated rings. The molecule has 2 aromatic carbocycles. The number of urea groups is 1. The third-order valence-electron chi connectivity index (χ3n) is 2.27. The van der Waals surface area contributed by atoms with Crippen LogP contribution >= 0.6 is 0 Å². The second-order valence-corrected chi connectivity index (χ2v) is 5.00. The van der Waals surface area contributed by atoms with Crippen molar-refractivity contribution >= 4 is 56.5 Å². The number of carbonyl (C=O) groups excluding carboxylic acids is 1. The van der Waals surface area contributed by atoms with E-state index in [1.807, 2.05) is 0 Å². The van der Waals surface area contributed by atoms with Crippen LogP contribution in [0.5, 0.6) is 0 Å². The summed E-state index contributed by atoms with van der Waals surface area (Å²) in [6, 6.07) is 10.6. The Hall–Kier alpha value is -1.12. The van der Waals surface area contributed by atoms with Gasteiger partial charge in [-0.3, -0.25) is 0 Å². The molecule has 0 spiro atoms. The molecule has 2 aromatic rings. The van der Waals surface area contributed by atoms with Crippen molar-refractivity contribution in [1.82, 2.24) is 5.48 Å². The fourth-order valence-corrected chi connectivity index (χ4v) is 2.54. The zero-order valence-electron chi connectivity index (χ0n) is 9.16. The van der Waals surface area contributed by atoms with Crippen LogP contribution in [0.15, 0.2) is 47.4 Å².